The van der Waals surface area contributed by atoms with Crippen LogP contribution in [0, 0.1) is 0 Å². The molecule has 0 unspecified atom stereocenters. The van der Waals surface area contributed by atoms with Gasteiger partial charge in [0.2, 0.25) is 0 Å². The van der Waals surface area contributed by atoms with Gasteiger partial charge in [0.05, 0.1) is 17.3 Å². The van der Waals surface area contributed by atoms with Crippen molar-refractivity contribution in [1.29, 1.82) is 0 Å². The van der Waals surface area contributed by atoms with E-state index < -0.39 is 6.61 Å². The van der Waals surface area contributed by atoms with Gasteiger partial charge in [0.1, 0.15) is 5.01 Å². The number of aromatic nitrogens is 1. The molecule has 0 atom stereocenters. The van der Waals surface area contributed by atoms with E-state index in [1.54, 1.807) is 41.7 Å². The lowest BCUT2D eigenvalue weighted by atomic mass is 10.1. The van der Waals surface area contributed by atoms with Crippen molar-refractivity contribution in [2.45, 2.75) is 6.61 Å². The molecule has 0 aliphatic carbocycles. The number of fused-ring (bicyclic) bond motifs is 3. The maximum Gasteiger partial charge on any atom is 0.387 e. The Kier molecular flexibility index (Phi) is 4.73. The summed E-state index contributed by atoms with van der Waals surface area (Å²) in [6, 6.07) is 17.2. The summed E-state index contributed by atoms with van der Waals surface area (Å²) in [5.41, 5.74) is 1.44. The molecule has 0 aliphatic rings. The van der Waals surface area contributed by atoms with Crippen LogP contribution < -0.4 is 9.47 Å². The molecule has 4 rings (SSSR count). The van der Waals surface area contributed by atoms with Crippen molar-refractivity contribution >= 4 is 44.5 Å². The number of benzene rings is 3. The third kappa shape index (κ3) is 3.48. The molecule has 136 valence electrons. The highest BCUT2D eigenvalue weighted by molar-refractivity contribution is 7.19. The Bertz CT molecular complexity index is 1140. The van der Waals surface area contributed by atoms with Crippen molar-refractivity contribution in [3.63, 3.8) is 0 Å². The molecule has 0 spiro atoms. The first-order valence-corrected chi connectivity index (χ1v) is 9.05. The molecule has 0 bridgehead atoms. The molecule has 4 aromatic rings. The van der Waals surface area contributed by atoms with E-state index in [-0.39, 0.29) is 11.5 Å². The largest absolute Gasteiger partial charge is 0.493 e. The SMILES string of the molecule is COc1cccc(/C=C/c2nc3c(ccc4ccccc43)s2)c1OC(F)F. The Hall–Kier alpha value is -2.99. The molecular weight excluding hydrogens is 368 g/mol. The van der Waals surface area contributed by atoms with E-state index in [1.807, 2.05) is 30.3 Å². The standard InChI is InChI=1S/C21H15F2NO2S/c1-25-16-8-4-6-14(20(16)26-21(22)23)10-12-18-24-19-15-7-3-2-5-13(15)9-11-17(19)27-18/h2-12,21H,1H3/b12-10+. The molecule has 6 heteroatoms. The van der Waals surface area contributed by atoms with Crippen molar-refractivity contribution < 1.29 is 18.3 Å². The van der Waals surface area contributed by atoms with E-state index in [0.717, 1.165) is 26.0 Å². The molecule has 0 saturated heterocycles. The molecule has 0 saturated carbocycles. The number of alkyl halides is 2. The minimum atomic E-state index is -2.93. The van der Waals surface area contributed by atoms with Crippen molar-refractivity contribution in [3.8, 4) is 11.5 Å². The van der Waals surface area contributed by atoms with Crippen LogP contribution in [-0.4, -0.2) is 18.7 Å². The van der Waals surface area contributed by atoms with Crippen LogP contribution in [0.15, 0.2) is 54.6 Å². The number of para-hydroxylation sites is 1. The first-order chi connectivity index (χ1) is 13.2. The van der Waals surface area contributed by atoms with E-state index in [1.165, 1.54) is 7.11 Å². The summed E-state index contributed by atoms with van der Waals surface area (Å²) in [5.74, 6) is 0.269. The third-order valence-corrected chi connectivity index (χ3v) is 5.13. The number of nitrogens with zero attached hydrogens (tertiary/aromatic N) is 1. The molecule has 1 aromatic heterocycles. The molecule has 3 aromatic carbocycles. The van der Waals surface area contributed by atoms with Gasteiger partial charge in [-0.3, -0.25) is 0 Å². The minimum Gasteiger partial charge on any atom is -0.493 e. The van der Waals surface area contributed by atoms with Gasteiger partial charge >= 0.3 is 6.61 Å². The Balaban J connectivity index is 1.74. The third-order valence-electron chi connectivity index (χ3n) is 4.14. The Morgan fingerprint density at radius 3 is 2.67 bits per heavy atom. The van der Waals surface area contributed by atoms with Gasteiger partial charge in [0, 0.05) is 10.9 Å². The van der Waals surface area contributed by atoms with Gasteiger partial charge in [-0.2, -0.15) is 8.78 Å². The molecule has 1 heterocycles. The number of hydrogen-bond acceptors (Lipinski definition) is 4. The topological polar surface area (TPSA) is 31.4 Å². The predicted octanol–water partition coefficient (Wildman–Crippen LogP) is 6.23. The summed E-state index contributed by atoms with van der Waals surface area (Å²) < 4.78 is 36.4. The lowest BCUT2D eigenvalue weighted by Crippen LogP contribution is -2.04. The van der Waals surface area contributed by atoms with Crippen LogP contribution in [0.3, 0.4) is 0 Å². The van der Waals surface area contributed by atoms with Gasteiger partial charge < -0.3 is 9.47 Å². The zero-order valence-corrected chi connectivity index (χ0v) is 15.2. The summed E-state index contributed by atoms with van der Waals surface area (Å²) in [6.45, 7) is -2.93. The molecule has 0 fully saturated rings. The van der Waals surface area contributed by atoms with Crippen LogP contribution in [0.2, 0.25) is 0 Å². The van der Waals surface area contributed by atoms with Gasteiger partial charge in [0.15, 0.2) is 11.5 Å². The predicted molar refractivity (Wildman–Crippen MR) is 106 cm³/mol. The van der Waals surface area contributed by atoms with E-state index in [0.29, 0.717) is 5.56 Å². The van der Waals surface area contributed by atoms with Crippen molar-refractivity contribution in [2.24, 2.45) is 0 Å². The average Bonchev–Trinajstić information content (AvgIpc) is 3.10. The summed E-state index contributed by atoms with van der Waals surface area (Å²) in [5, 5.41) is 3.01. The molecule has 0 N–H and O–H groups in total. The van der Waals surface area contributed by atoms with Crippen LogP contribution in [0.5, 0.6) is 11.5 Å². The first kappa shape index (κ1) is 17.4. The van der Waals surface area contributed by atoms with E-state index in [2.05, 4.69) is 10.8 Å². The first-order valence-electron chi connectivity index (χ1n) is 8.24. The highest BCUT2D eigenvalue weighted by Gasteiger charge is 2.14. The molecule has 0 aliphatic heterocycles. The molecule has 3 nitrogen and oxygen atoms in total. The van der Waals surface area contributed by atoms with Crippen LogP contribution in [0.25, 0.3) is 33.1 Å². The Morgan fingerprint density at radius 2 is 1.85 bits per heavy atom. The number of rotatable bonds is 5. The average molecular weight is 383 g/mol. The summed E-state index contributed by atoms with van der Waals surface area (Å²) in [7, 11) is 1.42. The van der Waals surface area contributed by atoms with E-state index in [9.17, 15) is 8.78 Å². The van der Waals surface area contributed by atoms with Gasteiger partial charge in [-0.05, 0) is 29.7 Å². The number of thiazole rings is 1. The fraction of sp³-hybridized carbons (Fsp3) is 0.0952. The zero-order valence-electron chi connectivity index (χ0n) is 14.4. The van der Waals surface area contributed by atoms with Crippen LogP contribution in [0.1, 0.15) is 10.6 Å². The van der Waals surface area contributed by atoms with Crippen LogP contribution in [-0.2, 0) is 0 Å². The maximum atomic E-state index is 12.8. The molecular formula is C21H15F2NO2S. The summed E-state index contributed by atoms with van der Waals surface area (Å²) in [6.07, 6.45) is 3.51. The van der Waals surface area contributed by atoms with E-state index in [4.69, 9.17) is 9.72 Å². The fourth-order valence-corrected chi connectivity index (χ4v) is 3.84. The second kappa shape index (κ2) is 7.32. The quantitative estimate of drug-likeness (QED) is 0.409. The Labute approximate surface area is 158 Å². The zero-order chi connectivity index (χ0) is 18.8. The normalized spacial score (nSPS) is 11.7. The smallest absolute Gasteiger partial charge is 0.387 e. The number of methoxy groups -OCH3 is 1. The van der Waals surface area contributed by atoms with Crippen molar-refractivity contribution in [3.05, 3.63) is 65.2 Å². The van der Waals surface area contributed by atoms with Crippen LogP contribution in [0.4, 0.5) is 8.78 Å². The minimum absolute atomic E-state index is 0.0119. The van der Waals surface area contributed by atoms with Crippen molar-refractivity contribution in [1.82, 2.24) is 4.98 Å². The molecule has 0 radical (unpaired) electrons. The van der Waals surface area contributed by atoms with Gasteiger partial charge in [-0.15, -0.1) is 11.3 Å². The van der Waals surface area contributed by atoms with Crippen LogP contribution >= 0.6 is 11.3 Å². The summed E-state index contributed by atoms with van der Waals surface area (Å²) >= 11 is 1.54. The number of ether oxygens (including phenoxy) is 2. The fourth-order valence-electron chi connectivity index (χ4n) is 2.95. The lowest BCUT2D eigenvalue weighted by molar-refractivity contribution is -0.0513. The van der Waals surface area contributed by atoms with Gasteiger partial charge in [-0.25, -0.2) is 4.98 Å². The molecule has 27 heavy (non-hydrogen) atoms. The Morgan fingerprint density at radius 1 is 1.00 bits per heavy atom. The summed E-state index contributed by atoms with van der Waals surface area (Å²) in [4.78, 5) is 4.70. The monoisotopic (exact) mass is 383 g/mol. The van der Waals surface area contributed by atoms with E-state index >= 15 is 0 Å². The highest BCUT2D eigenvalue weighted by atomic mass is 32.1. The lowest BCUT2D eigenvalue weighted by Gasteiger charge is -2.12. The van der Waals surface area contributed by atoms with Gasteiger partial charge in [-0.1, -0.05) is 42.5 Å². The van der Waals surface area contributed by atoms with Crippen molar-refractivity contribution in [2.75, 3.05) is 7.11 Å². The second-order valence-corrected chi connectivity index (χ2v) is 6.84. The maximum absolute atomic E-state index is 12.8. The van der Waals surface area contributed by atoms with Gasteiger partial charge in [0.25, 0.3) is 0 Å². The second-order valence-electron chi connectivity index (χ2n) is 5.78. The number of halogens is 2. The highest BCUT2D eigenvalue weighted by Crippen LogP contribution is 2.35. The molecule has 0 amide bonds. The number of hydrogen-bond donors (Lipinski definition) is 0.